The first-order valence-corrected chi connectivity index (χ1v) is 7.83. The van der Waals surface area contributed by atoms with E-state index in [0.29, 0.717) is 43.1 Å². The summed E-state index contributed by atoms with van der Waals surface area (Å²) in [5.41, 5.74) is 1.63. The lowest BCUT2D eigenvalue weighted by molar-refractivity contribution is 0.208. The van der Waals surface area contributed by atoms with Gasteiger partial charge in [0.2, 0.25) is 0 Å². The number of benzene rings is 2. The third kappa shape index (κ3) is 3.86. The molecule has 0 bridgehead atoms. The van der Waals surface area contributed by atoms with E-state index in [1.54, 1.807) is 29.2 Å². The molecule has 0 spiro atoms. The van der Waals surface area contributed by atoms with Gasteiger partial charge < -0.3 is 15.1 Å². The maximum absolute atomic E-state index is 13.3. The fourth-order valence-electron chi connectivity index (χ4n) is 2.72. The van der Waals surface area contributed by atoms with Gasteiger partial charge in [0.05, 0.1) is 11.6 Å². The van der Waals surface area contributed by atoms with Gasteiger partial charge in [0.15, 0.2) is 11.6 Å². The molecule has 0 saturated carbocycles. The number of carbonyl (C=O) groups is 1. The number of amides is 2. The Balaban J connectivity index is 1.58. The van der Waals surface area contributed by atoms with Gasteiger partial charge in [0, 0.05) is 43.6 Å². The van der Waals surface area contributed by atoms with Crippen molar-refractivity contribution in [3.8, 4) is 6.07 Å². The molecule has 1 fully saturated rings. The molecule has 0 aliphatic carbocycles. The van der Waals surface area contributed by atoms with Crippen molar-refractivity contribution in [2.24, 2.45) is 0 Å². The van der Waals surface area contributed by atoms with Gasteiger partial charge in [-0.05, 0) is 30.3 Å². The van der Waals surface area contributed by atoms with Crippen LogP contribution in [0.1, 0.15) is 5.56 Å². The fourth-order valence-corrected chi connectivity index (χ4v) is 2.72. The Kier molecular flexibility index (Phi) is 4.80. The Labute approximate surface area is 144 Å². The van der Waals surface area contributed by atoms with Crippen molar-refractivity contribution in [1.82, 2.24) is 4.90 Å². The summed E-state index contributed by atoms with van der Waals surface area (Å²) in [6.07, 6.45) is 0. The summed E-state index contributed by atoms with van der Waals surface area (Å²) < 4.78 is 26.4. The van der Waals surface area contributed by atoms with Gasteiger partial charge in [-0.1, -0.05) is 6.07 Å². The van der Waals surface area contributed by atoms with Gasteiger partial charge in [-0.3, -0.25) is 0 Å². The van der Waals surface area contributed by atoms with Crippen molar-refractivity contribution in [2.45, 2.75) is 0 Å². The van der Waals surface area contributed by atoms with E-state index in [4.69, 9.17) is 5.26 Å². The number of anilines is 2. The molecule has 7 heteroatoms. The van der Waals surface area contributed by atoms with Crippen molar-refractivity contribution in [2.75, 3.05) is 36.4 Å². The zero-order valence-corrected chi connectivity index (χ0v) is 13.4. The molecular formula is C18H16F2N4O. The molecule has 0 radical (unpaired) electrons. The van der Waals surface area contributed by atoms with Gasteiger partial charge in [-0.15, -0.1) is 0 Å². The lowest BCUT2D eigenvalue weighted by Gasteiger charge is -2.36. The van der Waals surface area contributed by atoms with Crippen LogP contribution < -0.4 is 10.2 Å². The first-order chi connectivity index (χ1) is 12.1. The molecular weight excluding hydrogens is 326 g/mol. The standard InChI is InChI=1S/C18H16F2N4O/c19-16-5-4-15(11-17(16)20)23-6-8-24(9-7-23)18(25)22-14-3-1-2-13(10-14)12-21/h1-5,10-11H,6-9H2,(H,22,25). The number of halogens is 2. The number of rotatable bonds is 2. The van der Waals surface area contributed by atoms with Gasteiger partial charge in [0.25, 0.3) is 0 Å². The molecule has 2 aromatic carbocycles. The van der Waals surface area contributed by atoms with Crippen LogP contribution in [0.3, 0.4) is 0 Å². The number of carbonyl (C=O) groups excluding carboxylic acids is 1. The number of hydrogen-bond acceptors (Lipinski definition) is 3. The van der Waals surface area contributed by atoms with Crippen LogP contribution in [0, 0.1) is 23.0 Å². The first kappa shape index (κ1) is 16.7. The third-order valence-electron chi connectivity index (χ3n) is 4.08. The Morgan fingerprint density at radius 3 is 2.48 bits per heavy atom. The van der Waals surface area contributed by atoms with E-state index in [1.165, 1.54) is 12.1 Å². The first-order valence-electron chi connectivity index (χ1n) is 7.83. The smallest absolute Gasteiger partial charge is 0.321 e. The summed E-state index contributed by atoms with van der Waals surface area (Å²) in [6.45, 7) is 1.97. The molecule has 25 heavy (non-hydrogen) atoms. The van der Waals surface area contributed by atoms with E-state index in [-0.39, 0.29) is 6.03 Å². The minimum absolute atomic E-state index is 0.250. The van der Waals surface area contributed by atoms with E-state index in [1.807, 2.05) is 11.0 Å². The largest absolute Gasteiger partial charge is 0.368 e. The van der Waals surface area contributed by atoms with E-state index in [2.05, 4.69) is 5.32 Å². The van der Waals surface area contributed by atoms with E-state index < -0.39 is 11.6 Å². The average molecular weight is 342 g/mol. The van der Waals surface area contributed by atoms with Gasteiger partial charge in [0.1, 0.15) is 0 Å². The number of piperazine rings is 1. The summed E-state index contributed by atoms with van der Waals surface area (Å²) in [6, 6.07) is 12.3. The van der Waals surface area contributed by atoms with E-state index >= 15 is 0 Å². The molecule has 3 rings (SSSR count). The SMILES string of the molecule is N#Cc1cccc(NC(=O)N2CCN(c3ccc(F)c(F)c3)CC2)c1. The van der Waals surface area contributed by atoms with Crippen molar-refractivity contribution < 1.29 is 13.6 Å². The molecule has 1 aliphatic rings. The van der Waals surface area contributed by atoms with Gasteiger partial charge in [-0.25, -0.2) is 13.6 Å². The average Bonchev–Trinajstić information content (AvgIpc) is 2.64. The predicted octanol–water partition coefficient (Wildman–Crippen LogP) is 3.19. The number of urea groups is 1. The second kappa shape index (κ2) is 7.18. The molecule has 2 aromatic rings. The second-order valence-corrected chi connectivity index (χ2v) is 5.70. The topological polar surface area (TPSA) is 59.4 Å². The molecule has 1 N–H and O–H groups in total. The highest BCUT2D eigenvalue weighted by molar-refractivity contribution is 5.89. The molecule has 1 saturated heterocycles. The van der Waals surface area contributed by atoms with Crippen LogP contribution in [0.5, 0.6) is 0 Å². The highest BCUT2D eigenvalue weighted by Crippen LogP contribution is 2.20. The summed E-state index contributed by atoms with van der Waals surface area (Å²) in [7, 11) is 0. The van der Waals surface area contributed by atoms with Crippen LogP contribution in [-0.4, -0.2) is 37.1 Å². The Morgan fingerprint density at radius 1 is 1.04 bits per heavy atom. The summed E-state index contributed by atoms with van der Waals surface area (Å²) in [5.74, 6) is -1.75. The van der Waals surface area contributed by atoms with E-state index in [0.717, 1.165) is 6.07 Å². The Morgan fingerprint density at radius 2 is 1.80 bits per heavy atom. The number of nitrogens with one attached hydrogen (secondary N) is 1. The molecule has 1 heterocycles. The van der Waals surface area contributed by atoms with E-state index in [9.17, 15) is 13.6 Å². The fraction of sp³-hybridized carbons (Fsp3) is 0.222. The third-order valence-corrected chi connectivity index (χ3v) is 4.08. The minimum Gasteiger partial charge on any atom is -0.368 e. The van der Waals surface area contributed by atoms with Crippen molar-refractivity contribution in [3.63, 3.8) is 0 Å². The molecule has 5 nitrogen and oxygen atoms in total. The molecule has 2 amide bonds. The minimum atomic E-state index is -0.880. The van der Waals surface area contributed by atoms with Crippen LogP contribution in [-0.2, 0) is 0 Å². The van der Waals surface area contributed by atoms with Crippen LogP contribution in [0.15, 0.2) is 42.5 Å². The molecule has 128 valence electrons. The lowest BCUT2D eigenvalue weighted by Crippen LogP contribution is -2.50. The molecule has 0 unspecified atom stereocenters. The highest BCUT2D eigenvalue weighted by atomic mass is 19.2. The summed E-state index contributed by atoms with van der Waals surface area (Å²) >= 11 is 0. The van der Waals surface area contributed by atoms with Gasteiger partial charge in [-0.2, -0.15) is 5.26 Å². The molecule has 0 aromatic heterocycles. The summed E-state index contributed by atoms with van der Waals surface area (Å²) in [4.78, 5) is 15.9. The van der Waals surface area contributed by atoms with Crippen LogP contribution in [0.2, 0.25) is 0 Å². The molecule has 1 aliphatic heterocycles. The maximum atomic E-state index is 13.3. The normalized spacial score (nSPS) is 14.1. The number of nitrogens with zero attached hydrogens (tertiary/aromatic N) is 3. The van der Waals surface area contributed by atoms with Crippen molar-refractivity contribution in [1.29, 1.82) is 5.26 Å². The predicted molar refractivity (Wildman–Crippen MR) is 90.3 cm³/mol. The second-order valence-electron chi connectivity index (χ2n) is 5.70. The number of hydrogen-bond donors (Lipinski definition) is 1. The Bertz CT molecular complexity index is 826. The monoisotopic (exact) mass is 342 g/mol. The zero-order chi connectivity index (χ0) is 17.8. The zero-order valence-electron chi connectivity index (χ0n) is 13.4. The van der Waals surface area contributed by atoms with Crippen molar-refractivity contribution in [3.05, 3.63) is 59.7 Å². The van der Waals surface area contributed by atoms with Crippen LogP contribution in [0.4, 0.5) is 25.0 Å². The lowest BCUT2D eigenvalue weighted by atomic mass is 10.2. The quantitative estimate of drug-likeness (QED) is 0.912. The highest BCUT2D eigenvalue weighted by Gasteiger charge is 2.22. The van der Waals surface area contributed by atoms with Crippen LogP contribution in [0.25, 0.3) is 0 Å². The van der Waals surface area contributed by atoms with Crippen LogP contribution >= 0.6 is 0 Å². The van der Waals surface area contributed by atoms with Crippen molar-refractivity contribution >= 4 is 17.4 Å². The van der Waals surface area contributed by atoms with Gasteiger partial charge >= 0.3 is 6.03 Å². The molecule has 0 atom stereocenters. The number of nitriles is 1. The summed E-state index contributed by atoms with van der Waals surface area (Å²) in [5, 5.41) is 11.7. The Hall–Kier alpha value is -3.14. The maximum Gasteiger partial charge on any atom is 0.321 e.